The van der Waals surface area contributed by atoms with Gasteiger partial charge in [-0.25, -0.2) is 19.6 Å². The molecule has 2 aliphatic rings. The summed E-state index contributed by atoms with van der Waals surface area (Å²) in [5.41, 5.74) is 1.10. The molecule has 0 aliphatic carbocycles. The summed E-state index contributed by atoms with van der Waals surface area (Å²) in [5, 5.41) is 23.7. The zero-order valence-corrected chi connectivity index (χ0v) is 17.7. The Labute approximate surface area is 185 Å². The number of nitrogens with one attached hydrogen (secondary N) is 2. The molecule has 1 aromatic carbocycles. The Hall–Kier alpha value is -4.07. The Morgan fingerprint density at radius 3 is 2.81 bits per heavy atom. The number of rotatable bonds is 5. The molecule has 2 fully saturated rings. The number of nitriles is 1. The Bertz CT molecular complexity index is 1070. The van der Waals surface area contributed by atoms with E-state index in [-0.39, 0.29) is 23.6 Å². The molecule has 0 bridgehead atoms. The average molecular weight is 436 g/mol. The van der Waals surface area contributed by atoms with Gasteiger partial charge in [-0.1, -0.05) is 6.07 Å². The number of piperidine rings is 1. The monoisotopic (exact) mass is 436 g/mol. The van der Waals surface area contributed by atoms with E-state index in [1.54, 1.807) is 35.4 Å². The fourth-order valence-electron chi connectivity index (χ4n) is 4.06. The lowest BCUT2D eigenvalue weighted by Crippen LogP contribution is -2.49. The molecule has 2 aliphatic heterocycles. The molecular weight excluding hydrogens is 412 g/mol. The van der Waals surface area contributed by atoms with Crippen LogP contribution in [0.5, 0.6) is 0 Å². The highest BCUT2D eigenvalue weighted by molar-refractivity contribution is 5.84. The molecule has 3 heterocycles. The van der Waals surface area contributed by atoms with E-state index in [4.69, 9.17) is 5.11 Å². The maximum atomic E-state index is 12.4. The largest absolute Gasteiger partial charge is 0.465 e. The SMILES string of the molecule is CN1CCN(C2CCCN(c3cnc(C#N)c(Nc4cccc(NC(=O)O)c4)n3)C2)C1=O. The van der Waals surface area contributed by atoms with Crippen molar-refractivity contribution in [2.75, 3.05) is 48.8 Å². The van der Waals surface area contributed by atoms with Crippen LogP contribution in [0, 0.1) is 11.3 Å². The number of carbonyl (C=O) groups excluding carboxylic acids is 1. The van der Waals surface area contributed by atoms with Gasteiger partial charge in [-0.15, -0.1) is 0 Å². The molecule has 3 N–H and O–H groups in total. The standard InChI is InChI=1S/C21H24N8O3/c1-27-8-9-29(21(27)32)16-6-3-7-28(13-16)18-12-23-17(11-22)19(26-18)24-14-4-2-5-15(10-14)25-20(30)31/h2,4-5,10,12,16,25H,3,6-9,13H2,1H3,(H,24,26)(H,30,31). The number of benzene rings is 1. The Morgan fingerprint density at radius 1 is 1.28 bits per heavy atom. The van der Waals surface area contributed by atoms with E-state index in [2.05, 4.69) is 25.5 Å². The van der Waals surface area contributed by atoms with Gasteiger partial charge < -0.3 is 25.1 Å². The highest BCUT2D eigenvalue weighted by atomic mass is 16.4. The van der Waals surface area contributed by atoms with E-state index in [1.165, 1.54) is 0 Å². The molecule has 0 radical (unpaired) electrons. The first-order valence-corrected chi connectivity index (χ1v) is 10.4. The van der Waals surface area contributed by atoms with Crippen molar-refractivity contribution in [1.29, 1.82) is 5.26 Å². The van der Waals surface area contributed by atoms with Crippen molar-refractivity contribution in [2.24, 2.45) is 0 Å². The average Bonchev–Trinajstić information content (AvgIpc) is 3.12. The maximum absolute atomic E-state index is 12.4. The minimum Gasteiger partial charge on any atom is -0.465 e. The molecule has 11 heteroatoms. The number of likely N-dealkylation sites (N-methyl/N-ethyl adjacent to an activating group) is 1. The number of hydrogen-bond donors (Lipinski definition) is 3. The minimum atomic E-state index is -1.16. The smallest absolute Gasteiger partial charge is 0.409 e. The zero-order chi connectivity index (χ0) is 22.7. The molecule has 0 spiro atoms. The van der Waals surface area contributed by atoms with Gasteiger partial charge in [-0.05, 0) is 31.0 Å². The van der Waals surface area contributed by atoms with Gasteiger partial charge in [0.05, 0.1) is 12.2 Å². The molecule has 1 aromatic heterocycles. The molecule has 2 saturated heterocycles. The van der Waals surface area contributed by atoms with E-state index in [9.17, 15) is 14.9 Å². The quantitative estimate of drug-likeness (QED) is 0.650. The van der Waals surface area contributed by atoms with Crippen LogP contribution in [-0.4, -0.2) is 76.3 Å². The third-order valence-corrected chi connectivity index (χ3v) is 5.65. The first kappa shape index (κ1) is 21.2. The molecular formula is C21H24N8O3. The first-order valence-electron chi connectivity index (χ1n) is 10.4. The summed E-state index contributed by atoms with van der Waals surface area (Å²) < 4.78 is 0. The van der Waals surface area contributed by atoms with Crippen LogP contribution < -0.4 is 15.5 Å². The van der Waals surface area contributed by atoms with E-state index in [0.717, 1.165) is 32.5 Å². The van der Waals surface area contributed by atoms with Gasteiger partial charge in [0, 0.05) is 44.6 Å². The fourth-order valence-corrected chi connectivity index (χ4v) is 4.06. The second-order valence-electron chi connectivity index (χ2n) is 7.81. The van der Waals surface area contributed by atoms with Crippen molar-refractivity contribution in [3.63, 3.8) is 0 Å². The van der Waals surface area contributed by atoms with Gasteiger partial charge >= 0.3 is 12.1 Å². The summed E-state index contributed by atoms with van der Waals surface area (Å²) in [4.78, 5) is 37.9. The second-order valence-corrected chi connectivity index (χ2v) is 7.81. The molecule has 1 atom stereocenters. The van der Waals surface area contributed by atoms with Crippen molar-refractivity contribution < 1.29 is 14.7 Å². The van der Waals surface area contributed by atoms with Gasteiger partial charge in [0.1, 0.15) is 11.9 Å². The van der Waals surface area contributed by atoms with Crippen molar-refractivity contribution >= 4 is 35.1 Å². The molecule has 166 valence electrons. The number of anilines is 4. The van der Waals surface area contributed by atoms with E-state index in [1.807, 2.05) is 18.0 Å². The Morgan fingerprint density at radius 2 is 2.09 bits per heavy atom. The van der Waals surface area contributed by atoms with Crippen LogP contribution in [0.1, 0.15) is 18.5 Å². The number of hydrogen-bond acceptors (Lipinski definition) is 7. The Balaban J connectivity index is 1.54. The highest BCUT2D eigenvalue weighted by Crippen LogP contribution is 2.26. The maximum Gasteiger partial charge on any atom is 0.409 e. The van der Waals surface area contributed by atoms with Crippen molar-refractivity contribution in [3.8, 4) is 6.07 Å². The van der Waals surface area contributed by atoms with Gasteiger partial charge in [-0.3, -0.25) is 5.32 Å². The van der Waals surface area contributed by atoms with Crippen LogP contribution in [-0.2, 0) is 0 Å². The van der Waals surface area contributed by atoms with Crippen LogP contribution in [0.25, 0.3) is 0 Å². The van der Waals surface area contributed by atoms with Crippen LogP contribution in [0.15, 0.2) is 30.5 Å². The summed E-state index contributed by atoms with van der Waals surface area (Å²) in [6, 6.07) is 8.86. The summed E-state index contributed by atoms with van der Waals surface area (Å²) in [5.74, 6) is 0.910. The topological polar surface area (TPSA) is 138 Å². The molecule has 4 rings (SSSR count). The van der Waals surface area contributed by atoms with E-state index >= 15 is 0 Å². The predicted octanol–water partition coefficient (Wildman–Crippen LogP) is 2.52. The van der Waals surface area contributed by atoms with Gasteiger partial charge in [0.15, 0.2) is 11.5 Å². The lowest BCUT2D eigenvalue weighted by atomic mass is 10.0. The van der Waals surface area contributed by atoms with Gasteiger partial charge in [0.2, 0.25) is 0 Å². The lowest BCUT2D eigenvalue weighted by molar-refractivity contribution is 0.175. The fraction of sp³-hybridized carbons (Fsp3) is 0.381. The third-order valence-electron chi connectivity index (χ3n) is 5.65. The molecule has 2 aromatic rings. The van der Waals surface area contributed by atoms with E-state index in [0.29, 0.717) is 23.7 Å². The number of carboxylic acid groups (broad SMARTS) is 1. The van der Waals surface area contributed by atoms with Crippen LogP contribution in [0.2, 0.25) is 0 Å². The first-order chi connectivity index (χ1) is 15.4. The number of carbonyl (C=O) groups is 2. The van der Waals surface area contributed by atoms with Crippen molar-refractivity contribution in [1.82, 2.24) is 19.8 Å². The number of urea groups is 1. The van der Waals surface area contributed by atoms with E-state index < -0.39 is 6.09 Å². The number of nitrogens with zero attached hydrogens (tertiary/aromatic N) is 6. The minimum absolute atomic E-state index is 0.0555. The van der Waals surface area contributed by atoms with Crippen molar-refractivity contribution in [2.45, 2.75) is 18.9 Å². The molecule has 32 heavy (non-hydrogen) atoms. The summed E-state index contributed by atoms with van der Waals surface area (Å²) >= 11 is 0. The zero-order valence-electron chi connectivity index (χ0n) is 17.7. The third kappa shape index (κ3) is 4.49. The molecule has 11 nitrogen and oxygen atoms in total. The number of aromatic nitrogens is 2. The number of amides is 3. The molecule has 1 unspecified atom stereocenters. The second kappa shape index (κ2) is 8.97. The summed E-state index contributed by atoms with van der Waals surface area (Å²) in [7, 11) is 1.81. The van der Waals surface area contributed by atoms with Gasteiger partial charge in [-0.2, -0.15) is 5.26 Å². The summed E-state index contributed by atoms with van der Waals surface area (Å²) in [6.07, 6.45) is 2.27. The lowest BCUT2D eigenvalue weighted by Gasteiger charge is -2.37. The predicted molar refractivity (Wildman–Crippen MR) is 118 cm³/mol. The highest BCUT2D eigenvalue weighted by Gasteiger charge is 2.34. The molecule has 0 saturated carbocycles. The van der Waals surface area contributed by atoms with Crippen LogP contribution >= 0.6 is 0 Å². The summed E-state index contributed by atoms with van der Waals surface area (Å²) in [6.45, 7) is 2.89. The van der Waals surface area contributed by atoms with Crippen LogP contribution in [0.3, 0.4) is 0 Å². The molecule has 3 amide bonds. The Kier molecular flexibility index (Phi) is 5.93. The normalized spacial score (nSPS) is 18.4. The van der Waals surface area contributed by atoms with Gasteiger partial charge in [0.25, 0.3) is 0 Å². The van der Waals surface area contributed by atoms with Crippen LogP contribution in [0.4, 0.5) is 32.6 Å². The van der Waals surface area contributed by atoms with Crippen molar-refractivity contribution in [3.05, 3.63) is 36.2 Å².